The topological polar surface area (TPSA) is 83.2 Å². The lowest BCUT2D eigenvalue weighted by molar-refractivity contribution is -0.118. The summed E-state index contributed by atoms with van der Waals surface area (Å²) in [4.78, 5) is 10.8. The van der Waals surface area contributed by atoms with Crippen LogP contribution in [0.1, 0.15) is 0 Å². The van der Waals surface area contributed by atoms with Crippen molar-refractivity contribution in [3.63, 3.8) is 0 Å². The lowest BCUT2D eigenvalue weighted by Crippen LogP contribution is -2.21. The lowest BCUT2D eigenvalue weighted by atomic mass is 10.2. The van der Waals surface area contributed by atoms with E-state index in [9.17, 15) is 4.79 Å². The Morgan fingerprint density at radius 2 is 2.08 bits per heavy atom. The highest BCUT2D eigenvalue weighted by atomic mass is 16.1. The second kappa shape index (κ2) is 3.73. The SMILES string of the molecule is NCC(=O)[N]c1ccccc1N. The van der Waals surface area contributed by atoms with E-state index in [0.29, 0.717) is 11.4 Å². The molecule has 0 unspecified atom stereocenters. The standard InChI is InChI=1S/C8H10N3O/c9-5-8(12)11-7-4-2-1-3-6(7)10/h1-4H,5,9-10H2. The second-order valence-electron chi connectivity index (χ2n) is 2.27. The van der Waals surface area contributed by atoms with Crippen molar-refractivity contribution in [2.45, 2.75) is 0 Å². The smallest absolute Gasteiger partial charge is 0.260 e. The number of rotatable bonds is 2. The van der Waals surface area contributed by atoms with Crippen molar-refractivity contribution >= 4 is 17.3 Å². The number of para-hydroxylation sites is 2. The lowest BCUT2D eigenvalue weighted by Gasteiger charge is -2.02. The minimum Gasteiger partial charge on any atom is -0.397 e. The molecule has 0 atom stereocenters. The van der Waals surface area contributed by atoms with E-state index in [1.807, 2.05) is 0 Å². The van der Waals surface area contributed by atoms with Crippen LogP contribution in [0.2, 0.25) is 0 Å². The molecule has 0 fully saturated rings. The van der Waals surface area contributed by atoms with Crippen LogP contribution in [-0.4, -0.2) is 12.5 Å². The van der Waals surface area contributed by atoms with Gasteiger partial charge in [-0.3, -0.25) is 4.79 Å². The summed E-state index contributed by atoms with van der Waals surface area (Å²) in [6, 6.07) is 6.89. The Hall–Kier alpha value is -1.55. The fraction of sp³-hybridized carbons (Fsp3) is 0.125. The highest BCUT2D eigenvalue weighted by Crippen LogP contribution is 2.16. The number of nitrogens with zero attached hydrogens (tertiary/aromatic N) is 1. The molecular formula is C8H10N3O. The Labute approximate surface area is 70.6 Å². The third kappa shape index (κ3) is 1.96. The highest BCUT2D eigenvalue weighted by molar-refractivity contribution is 5.84. The molecule has 0 aliphatic rings. The third-order valence-corrected chi connectivity index (χ3v) is 1.36. The summed E-state index contributed by atoms with van der Waals surface area (Å²) in [6.45, 7) is -0.0890. The number of carbonyl (C=O) groups is 1. The van der Waals surface area contributed by atoms with Gasteiger partial charge in [-0.05, 0) is 12.1 Å². The summed E-state index contributed by atoms with van der Waals surface area (Å²) < 4.78 is 0. The molecule has 4 N–H and O–H groups in total. The summed E-state index contributed by atoms with van der Waals surface area (Å²) in [5.74, 6) is -0.368. The molecule has 0 aromatic heterocycles. The molecule has 1 aromatic rings. The van der Waals surface area contributed by atoms with Crippen molar-refractivity contribution in [3.05, 3.63) is 24.3 Å². The minimum absolute atomic E-state index is 0.0890. The third-order valence-electron chi connectivity index (χ3n) is 1.36. The quantitative estimate of drug-likeness (QED) is 0.603. The number of anilines is 1. The average Bonchev–Trinajstić information content (AvgIpc) is 2.09. The van der Waals surface area contributed by atoms with Gasteiger partial charge in [-0.2, -0.15) is 0 Å². The zero-order valence-corrected chi connectivity index (χ0v) is 6.53. The number of nitrogens with two attached hydrogens (primary N) is 2. The molecule has 0 saturated carbocycles. The van der Waals surface area contributed by atoms with Crippen LogP contribution in [0.25, 0.3) is 0 Å². The molecule has 0 spiro atoms. The Balaban J connectivity index is 2.75. The van der Waals surface area contributed by atoms with Gasteiger partial charge in [0.05, 0.1) is 17.9 Å². The molecule has 0 bridgehead atoms. The molecule has 0 saturated heterocycles. The summed E-state index contributed by atoms with van der Waals surface area (Å²) >= 11 is 0. The van der Waals surface area contributed by atoms with Crippen molar-refractivity contribution in [2.24, 2.45) is 5.73 Å². The van der Waals surface area contributed by atoms with Crippen molar-refractivity contribution in [3.8, 4) is 0 Å². The Morgan fingerprint density at radius 1 is 1.42 bits per heavy atom. The maximum absolute atomic E-state index is 10.8. The summed E-state index contributed by atoms with van der Waals surface area (Å²) in [7, 11) is 0. The van der Waals surface area contributed by atoms with Crippen LogP contribution >= 0.6 is 0 Å². The molecule has 4 nitrogen and oxygen atoms in total. The van der Waals surface area contributed by atoms with E-state index in [4.69, 9.17) is 11.5 Å². The molecule has 1 radical (unpaired) electrons. The molecular weight excluding hydrogens is 154 g/mol. The van der Waals surface area contributed by atoms with E-state index in [1.54, 1.807) is 24.3 Å². The Morgan fingerprint density at radius 3 is 2.67 bits per heavy atom. The van der Waals surface area contributed by atoms with Gasteiger partial charge < -0.3 is 11.5 Å². The van der Waals surface area contributed by atoms with Crippen LogP contribution in [0, 0.1) is 0 Å². The van der Waals surface area contributed by atoms with Gasteiger partial charge in [0, 0.05) is 0 Å². The van der Waals surface area contributed by atoms with Crippen LogP contribution in [-0.2, 0) is 4.79 Å². The first-order valence-electron chi connectivity index (χ1n) is 3.53. The van der Waals surface area contributed by atoms with Gasteiger partial charge in [-0.25, -0.2) is 5.32 Å². The number of benzene rings is 1. The number of hydrogen-bond acceptors (Lipinski definition) is 3. The first-order chi connectivity index (χ1) is 5.74. The fourth-order valence-electron chi connectivity index (χ4n) is 0.769. The summed E-state index contributed by atoms with van der Waals surface area (Å²) in [5.41, 5.74) is 11.6. The molecule has 4 heteroatoms. The minimum atomic E-state index is -0.368. The van der Waals surface area contributed by atoms with Gasteiger partial charge in [-0.1, -0.05) is 12.1 Å². The first kappa shape index (κ1) is 8.55. The zero-order valence-electron chi connectivity index (χ0n) is 6.53. The first-order valence-corrected chi connectivity index (χ1v) is 3.53. The van der Waals surface area contributed by atoms with Gasteiger partial charge in [-0.15, -0.1) is 0 Å². The summed E-state index contributed by atoms with van der Waals surface area (Å²) in [6.07, 6.45) is 0. The van der Waals surface area contributed by atoms with Crippen molar-refractivity contribution in [1.82, 2.24) is 5.32 Å². The number of nitrogen functional groups attached to an aromatic ring is 1. The van der Waals surface area contributed by atoms with Gasteiger partial charge in [0.1, 0.15) is 0 Å². The predicted octanol–water partition coefficient (Wildman–Crippen LogP) is -0.0100. The van der Waals surface area contributed by atoms with E-state index in [0.717, 1.165) is 0 Å². The Bertz CT molecular complexity index is 285. The van der Waals surface area contributed by atoms with Crippen molar-refractivity contribution in [2.75, 3.05) is 12.3 Å². The second-order valence-corrected chi connectivity index (χ2v) is 2.27. The van der Waals surface area contributed by atoms with Gasteiger partial charge >= 0.3 is 0 Å². The van der Waals surface area contributed by atoms with Crippen molar-refractivity contribution < 1.29 is 4.79 Å². The van der Waals surface area contributed by atoms with Crippen molar-refractivity contribution in [1.29, 1.82) is 0 Å². The normalized spacial score (nSPS) is 9.42. The van der Waals surface area contributed by atoms with E-state index in [2.05, 4.69) is 5.32 Å². The van der Waals surface area contributed by atoms with Gasteiger partial charge in [0.25, 0.3) is 5.91 Å². The van der Waals surface area contributed by atoms with Crippen LogP contribution in [0.4, 0.5) is 11.4 Å². The van der Waals surface area contributed by atoms with E-state index >= 15 is 0 Å². The van der Waals surface area contributed by atoms with Gasteiger partial charge in [0.15, 0.2) is 0 Å². The largest absolute Gasteiger partial charge is 0.397 e. The maximum atomic E-state index is 10.8. The van der Waals surface area contributed by atoms with Crippen LogP contribution < -0.4 is 16.8 Å². The fourth-order valence-corrected chi connectivity index (χ4v) is 0.769. The van der Waals surface area contributed by atoms with Gasteiger partial charge in [0.2, 0.25) is 0 Å². The molecule has 0 aliphatic heterocycles. The van der Waals surface area contributed by atoms with Crippen LogP contribution in [0.3, 0.4) is 0 Å². The zero-order chi connectivity index (χ0) is 8.97. The summed E-state index contributed by atoms with van der Waals surface area (Å²) in [5, 5.41) is 3.69. The predicted molar refractivity (Wildman–Crippen MR) is 46.7 cm³/mol. The molecule has 1 rings (SSSR count). The molecule has 1 aromatic carbocycles. The van der Waals surface area contributed by atoms with E-state index in [-0.39, 0.29) is 12.5 Å². The van der Waals surface area contributed by atoms with E-state index in [1.165, 1.54) is 0 Å². The van der Waals surface area contributed by atoms with Crippen LogP contribution in [0.15, 0.2) is 24.3 Å². The number of carbonyl (C=O) groups excluding carboxylic acids is 1. The molecule has 12 heavy (non-hydrogen) atoms. The maximum Gasteiger partial charge on any atom is 0.260 e. The monoisotopic (exact) mass is 164 g/mol. The highest BCUT2D eigenvalue weighted by Gasteiger charge is 2.03. The average molecular weight is 164 g/mol. The Kier molecular flexibility index (Phi) is 2.66. The molecule has 0 heterocycles. The number of amides is 1. The molecule has 0 aliphatic carbocycles. The molecule has 1 amide bonds. The number of hydrogen-bond donors (Lipinski definition) is 2. The van der Waals surface area contributed by atoms with E-state index < -0.39 is 0 Å². The molecule has 63 valence electrons. The van der Waals surface area contributed by atoms with Crippen LogP contribution in [0.5, 0.6) is 0 Å².